The van der Waals surface area contributed by atoms with E-state index in [1.165, 1.54) is 6.42 Å². The van der Waals surface area contributed by atoms with Gasteiger partial charge in [0, 0.05) is 13.1 Å². The lowest BCUT2D eigenvalue weighted by Gasteiger charge is -2.30. The Bertz CT molecular complexity index is 246. The molecule has 2 bridgehead atoms. The Kier molecular flexibility index (Phi) is 1.25. The first kappa shape index (κ1) is 8.09. The third kappa shape index (κ3) is 0.572. The van der Waals surface area contributed by atoms with E-state index in [0.29, 0.717) is 11.9 Å². The van der Waals surface area contributed by atoms with E-state index in [0.717, 1.165) is 6.42 Å². The third-order valence-corrected chi connectivity index (χ3v) is 4.43. The van der Waals surface area contributed by atoms with Gasteiger partial charge in [0.05, 0.1) is 5.41 Å². The monoisotopic (exact) mass is 167 g/mol. The highest BCUT2D eigenvalue weighted by Gasteiger charge is 2.64. The number of piperidine rings is 1. The molecule has 1 heterocycles. The number of likely N-dealkylation sites (tertiary alicyclic amines) is 1. The lowest BCUT2D eigenvalue weighted by Crippen LogP contribution is -2.36. The second-order valence-electron chi connectivity index (χ2n) is 5.02. The summed E-state index contributed by atoms with van der Waals surface area (Å²) in [6.45, 7) is 6.58. The highest BCUT2D eigenvalue weighted by atomic mass is 16.2. The van der Waals surface area contributed by atoms with E-state index in [4.69, 9.17) is 0 Å². The molecule has 2 heteroatoms. The zero-order valence-corrected chi connectivity index (χ0v) is 8.35. The number of fused-ring (bicyclic) bond motifs is 2. The SMILES string of the molecule is CN1C(=O)[C@]2(C)CC[C@H]1C2(C)C. The molecule has 1 amide bonds. The van der Waals surface area contributed by atoms with Crippen LogP contribution >= 0.6 is 0 Å². The predicted molar refractivity (Wildman–Crippen MR) is 47.7 cm³/mol. The first-order valence-corrected chi connectivity index (χ1v) is 4.68. The van der Waals surface area contributed by atoms with Crippen molar-refractivity contribution in [2.45, 2.75) is 39.7 Å². The Morgan fingerprint density at radius 2 is 2.00 bits per heavy atom. The van der Waals surface area contributed by atoms with Crippen LogP contribution in [0.2, 0.25) is 0 Å². The highest BCUT2D eigenvalue weighted by molar-refractivity contribution is 5.87. The Hall–Kier alpha value is -0.530. The van der Waals surface area contributed by atoms with Gasteiger partial charge in [0.1, 0.15) is 0 Å². The highest BCUT2D eigenvalue weighted by Crippen LogP contribution is 2.59. The molecule has 0 aromatic carbocycles. The Labute approximate surface area is 73.9 Å². The topological polar surface area (TPSA) is 20.3 Å². The third-order valence-electron chi connectivity index (χ3n) is 4.43. The number of hydrogen-bond acceptors (Lipinski definition) is 1. The van der Waals surface area contributed by atoms with Crippen LogP contribution in [0.5, 0.6) is 0 Å². The van der Waals surface area contributed by atoms with Crippen molar-refractivity contribution in [3.8, 4) is 0 Å². The first-order valence-electron chi connectivity index (χ1n) is 4.68. The number of carbonyl (C=O) groups is 1. The molecule has 2 fully saturated rings. The summed E-state index contributed by atoms with van der Waals surface area (Å²) >= 11 is 0. The maximum atomic E-state index is 11.8. The van der Waals surface area contributed by atoms with Gasteiger partial charge < -0.3 is 4.90 Å². The van der Waals surface area contributed by atoms with Gasteiger partial charge in [-0.2, -0.15) is 0 Å². The second kappa shape index (κ2) is 1.86. The van der Waals surface area contributed by atoms with Crippen LogP contribution in [-0.2, 0) is 4.79 Å². The average molecular weight is 167 g/mol. The average Bonchev–Trinajstić information content (AvgIpc) is 2.26. The maximum Gasteiger partial charge on any atom is 0.229 e. The quantitative estimate of drug-likeness (QED) is 0.537. The second-order valence-corrected chi connectivity index (χ2v) is 5.02. The Morgan fingerprint density at radius 3 is 2.25 bits per heavy atom. The zero-order chi connectivity index (χ0) is 9.15. The van der Waals surface area contributed by atoms with Gasteiger partial charge in [-0.25, -0.2) is 0 Å². The van der Waals surface area contributed by atoms with Crippen molar-refractivity contribution in [3.63, 3.8) is 0 Å². The molecule has 0 spiro atoms. The minimum absolute atomic E-state index is 0.0770. The van der Waals surface area contributed by atoms with Crippen molar-refractivity contribution in [1.29, 1.82) is 0 Å². The number of amides is 1. The molecule has 0 unspecified atom stereocenters. The van der Waals surface area contributed by atoms with Gasteiger partial charge in [-0.15, -0.1) is 0 Å². The number of rotatable bonds is 0. The zero-order valence-electron chi connectivity index (χ0n) is 8.35. The summed E-state index contributed by atoms with van der Waals surface area (Å²) < 4.78 is 0. The van der Waals surface area contributed by atoms with Crippen molar-refractivity contribution in [1.82, 2.24) is 4.90 Å². The van der Waals surface area contributed by atoms with Crippen LogP contribution in [-0.4, -0.2) is 23.9 Å². The summed E-state index contributed by atoms with van der Waals surface area (Å²) in [5, 5.41) is 0. The van der Waals surface area contributed by atoms with Crippen molar-refractivity contribution in [2.75, 3.05) is 7.05 Å². The van der Waals surface area contributed by atoms with Crippen molar-refractivity contribution >= 4 is 5.91 Å². The van der Waals surface area contributed by atoms with E-state index in [-0.39, 0.29) is 10.8 Å². The fourth-order valence-electron chi connectivity index (χ4n) is 3.07. The molecule has 0 aromatic rings. The maximum absolute atomic E-state index is 11.8. The molecule has 2 atom stereocenters. The lowest BCUT2D eigenvalue weighted by molar-refractivity contribution is -0.138. The molecular formula is C10H17NO. The summed E-state index contributed by atoms with van der Waals surface area (Å²) in [5.41, 5.74) is 0.102. The number of nitrogens with zero attached hydrogens (tertiary/aromatic N) is 1. The molecular weight excluding hydrogens is 150 g/mol. The van der Waals surface area contributed by atoms with Gasteiger partial charge in [0.15, 0.2) is 0 Å². The summed E-state index contributed by atoms with van der Waals surface area (Å²) in [6.07, 6.45) is 2.26. The minimum atomic E-state index is -0.0770. The van der Waals surface area contributed by atoms with Crippen LogP contribution < -0.4 is 0 Å². The Balaban J connectivity index is 2.50. The molecule has 68 valence electrons. The minimum Gasteiger partial charge on any atom is -0.342 e. The van der Waals surface area contributed by atoms with Crippen LogP contribution in [0.1, 0.15) is 33.6 Å². The fourth-order valence-corrected chi connectivity index (χ4v) is 3.07. The fraction of sp³-hybridized carbons (Fsp3) is 0.900. The van der Waals surface area contributed by atoms with Crippen LogP contribution in [0, 0.1) is 10.8 Å². The molecule has 12 heavy (non-hydrogen) atoms. The van der Waals surface area contributed by atoms with Gasteiger partial charge >= 0.3 is 0 Å². The van der Waals surface area contributed by atoms with E-state index in [1.54, 1.807) is 0 Å². The molecule has 1 aliphatic heterocycles. The summed E-state index contributed by atoms with van der Waals surface area (Å²) in [4.78, 5) is 13.8. The van der Waals surface area contributed by atoms with Crippen molar-refractivity contribution in [3.05, 3.63) is 0 Å². The smallest absolute Gasteiger partial charge is 0.229 e. The van der Waals surface area contributed by atoms with Crippen LogP contribution in [0.3, 0.4) is 0 Å². The number of hydrogen-bond donors (Lipinski definition) is 0. The van der Waals surface area contributed by atoms with Gasteiger partial charge in [-0.3, -0.25) is 4.79 Å². The summed E-state index contributed by atoms with van der Waals surface area (Å²) in [5.74, 6) is 0.351. The van der Waals surface area contributed by atoms with Gasteiger partial charge in [0.2, 0.25) is 5.91 Å². The van der Waals surface area contributed by atoms with Crippen molar-refractivity contribution in [2.24, 2.45) is 10.8 Å². The van der Waals surface area contributed by atoms with E-state index in [2.05, 4.69) is 20.8 Å². The van der Waals surface area contributed by atoms with Gasteiger partial charge in [0.25, 0.3) is 0 Å². The van der Waals surface area contributed by atoms with E-state index < -0.39 is 0 Å². The largest absolute Gasteiger partial charge is 0.342 e. The standard InChI is InChI=1S/C10H17NO/c1-9(2)7-5-6-10(9,3)8(12)11(7)4/h7H,5-6H2,1-4H3/t7-,10-/m0/s1. The van der Waals surface area contributed by atoms with Crippen molar-refractivity contribution < 1.29 is 4.79 Å². The number of carbonyl (C=O) groups excluding carboxylic acids is 1. The lowest BCUT2D eigenvalue weighted by atomic mass is 9.70. The van der Waals surface area contributed by atoms with Gasteiger partial charge in [-0.1, -0.05) is 20.8 Å². The van der Waals surface area contributed by atoms with E-state index in [1.807, 2.05) is 11.9 Å². The van der Waals surface area contributed by atoms with Crippen LogP contribution in [0.4, 0.5) is 0 Å². The molecule has 1 saturated carbocycles. The van der Waals surface area contributed by atoms with Crippen LogP contribution in [0.15, 0.2) is 0 Å². The van der Waals surface area contributed by atoms with E-state index >= 15 is 0 Å². The molecule has 2 nitrogen and oxygen atoms in total. The Morgan fingerprint density at radius 1 is 1.42 bits per heavy atom. The molecule has 2 rings (SSSR count). The van der Waals surface area contributed by atoms with Gasteiger partial charge in [-0.05, 0) is 18.3 Å². The molecule has 0 radical (unpaired) electrons. The predicted octanol–water partition coefficient (Wildman–Crippen LogP) is 1.65. The normalized spacial score (nSPS) is 44.2. The molecule has 0 N–H and O–H groups in total. The summed E-state index contributed by atoms with van der Waals surface area (Å²) in [6, 6.07) is 0.481. The molecule has 1 saturated heterocycles. The molecule has 2 aliphatic rings. The molecule has 0 aromatic heterocycles. The van der Waals surface area contributed by atoms with E-state index in [9.17, 15) is 4.79 Å². The molecule has 1 aliphatic carbocycles. The van der Waals surface area contributed by atoms with Crippen LogP contribution in [0.25, 0.3) is 0 Å². The first-order chi connectivity index (χ1) is 5.41. The summed E-state index contributed by atoms with van der Waals surface area (Å²) in [7, 11) is 1.94.